The number of H-pyrrole nitrogens is 1. The maximum atomic E-state index is 13.4. The number of aromatic nitrogens is 2. The summed E-state index contributed by atoms with van der Waals surface area (Å²) in [6, 6.07) is 6.65. The molecule has 1 saturated heterocycles. The van der Waals surface area contributed by atoms with Crippen LogP contribution in [0.2, 0.25) is 0 Å². The summed E-state index contributed by atoms with van der Waals surface area (Å²) in [4.78, 5) is 33.6. The minimum Gasteiger partial charge on any atom is -0.339 e. The molecule has 0 saturated carbocycles. The Bertz CT molecular complexity index is 862. The molecule has 1 aliphatic rings. The number of aromatic amines is 1. The standard InChI is InChI=1S/C20H24FN3O2/c1-13-18(20(26)23-14(2)22-13)8-9-19(25)24-10-4-7-17(24)12-15-5-3-6-16(21)11-15/h3,5-6,11,17H,4,7-10,12H2,1-2H3,(H,22,23,26)/t17-/m1/s1. The summed E-state index contributed by atoms with van der Waals surface area (Å²) in [5.41, 5.74) is 1.99. The van der Waals surface area contributed by atoms with Crippen LogP contribution in [0.3, 0.4) is 0 Å². The van der Waals surface area contributed by atoms with Crippen LogP contribution in [0.1, 0.15) is 41.9 Å². The molecule has 0 unspecified atom stereocenters. The van der Waals surface area contributed by atoms with Gasteiger partial charge in [-0.25, -0.2) is 9.37 Å². The highest BCUT2D eigenvalue weighted by Gasteiger charge is 2.28. The van der Waals surface area contributed by atoms with Crippen LogP contribution in [0.25, 0.3) is 0 Å². The molecule has 138 valence electrons. The van der Waals surface area contributed by atoms with Crippen molar-refractivity contribution in [2.45, 2.75) is 52.0 Å². The van der Waals surface area contributed by atoms with Gasteiger partial charge in [0, 0.05) is 30.3 Å². The first kappa shape index (κ1) is 18.3. The Balaban J connectivity index is 1.64. The maximum Gasteiger partial charge on any atom is 0.254 e. The fourth-order valence-electron chi connectivity index (χ4n) is 3.73. The lowest BCUT2D eigenvalue weighted by molar-refractivity contribution is -0.131. The number of carbonyl (C=O) groups is 1. The fourth-order valence-corrected chi connectivity index (χ4v) is 3.73. The van der Waals surface area contributed by atoms with E-state index in [0.717, 1.165) is 24.9 Å². The molecule has 3 rings (SSSR count). The molecule has 5 nitrogen and oxygen atoms in total. The number of nitrogens with one attached hydrogen (secondary N) is 1. The van der Waals surface area contributed by atoms with Gasteiger partial charge in [0.1, 0.15) is 11.6 Å². The van der Waals surface area contributed by atoms with E-state index in [4.69, 9.17) is 0 Å². The highest BCUT2D eigenvalue weighted by Crippen LogP contribution is 2.23. The molecule has 0 bridgehead atoms. The first-order valence-corrected chi connectivity index (χ1v) is 9.04. The summed E-state index contributed by atoms with van der Waals surface area (Å²) in [7, 11) is 0. The van der Waals surface area contributed by atoms with Gasteiger partial charge < -0.3 is 9.88 Å². The van der Waals surface area contributed by atoms with E-state index in [2.05, 4.69) is 9.97 Å². The van der Waals surface area contributed by atoms with Crippen LogP contribution in [0, 0.1) is 19.7 Å². The quantitative estimate of drug-likeness (QED) is 0.895. The summed E-state index contributed by atoms with van der Waals surface area (Å²) in [6.07, 6.45) is 3.21. The molecule has 1 N–H and O–H groups in total. The average molecular weight is 357 g/mol. The van der Waals surface area contributed by atoms with Gasteiger partial charge >= 0.3 is 0 Å². The molecular weight excluding hydrogens is 333 g/mol. The number of likely N-dealkylation sites (tertiary alicyclic amines) is 1. The highest BCUT2D eigenvalue weighted by atomic mass is 19.1. The lowest BCUT2D eigenvalue weighted by atomic mass is 10.0. The molecule has 2 heterocycles. The van der Waals surface area contributed by atoms with Crippen molar-refractivity contribution in [3.8, 4) is 0 Å². The van der Waals surface area contributed by atoms with Gasteiger partial charge in [-0.1, -0.05) is 12.1 Å². The average Bonchev–Trinajstić information content (AvgIpc) is 3.02. The van der Waals surface area contributed by atoms with Gasteiger partial charge in [-0.05, 0) is 57.2 Å². The van der Waals surface area contributed by atoms with Crippen LogP contribution in [0.15, 0.2) is 29.1 Å². The smallest absolute Gasteiger partial charge is 0.254 e. The second kappa shape index (κ2) is 7.81. The molecule has 26 heavy (non-hydrogen) atoms. The molecule has 0 radical (unpaired) electrons. The van der Waals surface area contributed by atoms with Gasteiger partial charge in [0.25, 0.3) is 5.56 Å². The van der Waals surface area contributed by atoms with E-state index in [1.54, 1.807) is 19.9 Å². The zero-order valence-electron chi connectivity index (χ0n) is 15.2. The number of benzene rings is 1. The Hall–Kier alpha value is -2.50. The van der Waals surface area contributed by atoms with Crippen molar-refractivity contribution in [3.05, 3.63) is 63.1 Å². The Morgan fingerprint density at radius 1 is 1.38 bits per heavy atom. The molecule has 2 aromatic rings. The molecule has 6 heteroatoms. The summed E-state index contributed by atoms with van der Waals surface area (Å²) in [6.45, 7) is 4.26. The monoisotopic (exact) mass is 357 g/mol. The largest absolute Gasteiger partial charge is 0.339 e. The van der Waals surface area contributed by atoms with E-state index in [1.807, 2.05) is 11.0 Å². The number of carbonyl (C=O) groups excluding carboxylic acids is 1. The van der Waals surface area contributed by atoms with Crippen molar-refractivity contribution in [3.63, 3.8) is 0 Å². The summed E-state index contributed by atoms with van der Waals surface area (Å²) in [5.74, 6) is 0.375. The molecule has 1 aromatic carbocycles. The summed E-state index contributed by atoms with van der Waals surface area (Å²) in [5, 5.41) is 0. The van der Waals surface area contributed by atoms with Gasteiger partial charge in [0.15, 0.2) is 0 Å². The molecule has 1 aliphatic heterocycles. The van der Waals surface area contributed by atoms with E-state index >= 15 is 0 Å². The highest BCUT2D eigenvalue weighted by molar-refractivity contribution is 5.77. The van der Waals surface area contributed by atoms with Crippen LogP contribution < -0.4 is 5.56 Å². The number of amides is 1. The van der Waals surface area contributed by atoms with Crippen molar-refractivity contribution in [1.29, 1.82) is 0 Å². The van der Waals surface area contributed by atoms with E-state index in [-0.39, 0.29) is 29.7 Å². The van der Waals surface area contributed by atoms with Crippen molar-refractivity contribution >= 4 is 5.91 Å². The van der Waals surface area contributed by atoms with Crippen molar-refractivity contribution < 1.29 is 9.18 Å². The Kier molecular flexibility index (Phi) is 5.49. The second-order valence-electron chi connectivity index (χ2n) is 6.93. The lowest BCUT2D eigenvalue weighted by Gasteiger charge is -2.25. The van der Waals surface area contributed by atoms with Crippen LogP contribution in [0.4, 0.5) is 4.39 Å². The molecule has 1 aromatic heterocycles. The third-order valence-electron chi connectivity index (χ3n) is 4.99. The molecule has 1 atom stereocenters. The third kappa shape index (κ3) is 4.18. The Morgan fingerprint density at radius 3 is 2.92 bits per heavy atom. The van der Waals surface area contributed by atoms with Gasteiger partial charge in [-0.2, -0.15) is 0 Å². The minimum atomic E-state index is -0.250. The first-order valence-electron chi connectivity index (χ1n) is 9.04. The van der Waals surface area contributed by atoms with Crippen molar-refractivity contribution in [2.75, 3.05) is 6.54 Å². The normalized spacial score (nSPS) is 16.9. The number of hydrogen-bond acceptors (Lipinski definition) is 3. The maximum absolute atomic E-state index is 13.4. The lowest BCUT2D eigenvalue weighted by Crippen LogP contribution is -2.37. The number of rotatable bonds is 5. The second-order valence-corrected chi connectivity index (χ2v) is 6.93. The van der Waals surface area contributed by atoms with Gasteiger partial charge in [0.05, 0.1) is 0 Å². The number of nitrogens with zero attached hydrogens (tertiary/aromatic N) is 2. The van der Waals surface area contributed by atoms with E-state index < -0.39 is 0 Å². The zero-order chi connectivity index (χ0) is 18.7. The minimum absolute atomic E-state index is 0.0447. The van der Waals surface area contributed by atoms with Gasteiger partial charge in [-0.15, -0.1) is 0 Å². The van der Waals surface area contributed by atoms with Crippen LogP contribution in [-0.4, -0.2) is 33.4 Å². The number of aryl methyl sites for hydroxylation is 2. The third-order valence-corrected chi connectivity index (χ3v) is 4.99. The van der Waals surface area contributed by atoms with Crippen LogP contribution >= 0.6 is 0 Å². The predicted octanol–water partition coefficient (Wildman–Crippen LogP) is 2.69. The van der Waals surface area contributed by atoms with Gasteiger partial charge in [0.2, 0.25) is 5.91 Å². The molecular formula is C20H24FN3O2. The topological polar surface area (TPSA) is 66.1 Å². The Labute approximate surface area is 152 Å². The summed E-state index contributed by atoms with van der Waals surface area (Å²) < 4.78 is 13.4. The summed E-state index contributed by atoms with van der Waals surface area (Å²) >= 11 is 0. The van der Waals surface area contributed by atoms with Crippen LogP contribution in [-0.2, 0) is 17.6 Å². The van der Waals surface area contributed by atoms with Crippen LogP contribution in [0.5, 0.6) is 0 Å². The molecule has 0 aliphatic carbocycles. The zero-order valence-corrected chi connectivity index (χ0v) is 15.2. The number of halogens is 1. The number of hydrogen-bond donors (Lipinski definition) is 1. The van der Waals surface area contributed by atoms with E-state index in [9.17, 15) is 14.0 Å². The van der Waals surface area contributed by atoms with E-state index in [0.29, 0.717) is 29.9 Å². The predicted molar refractivity (Wildman–Crippen MR) is 97.5 cm³/mol. The molecule has 1 amide bonds. The molecule has 1 fully saturated rings. The van der Waals surface area contributed by atoms with Crippen molar-refractivity contribution in [1.82, 2.24) is 14.9 Å². The Morgan fingerprint density at radius 2 is 2.19 bits per heavy atom. The van der Waals surface area contributed by atoms with Gasteiger partial charge in [-0.3, -0.25) is 9.59 Å². The van der Waals surface area contributed by atoms with E-state index in [1.165, 1.54) is 12.1 Å². The van der Waals surface area contributed by atoms with Crippen molar-refractivity contribution in [2.24, 2.45) is 0 Å². The molecule has 0 spiro atoms. The SMILES string of the molecule is Cc1nc(C)c(CCC(=O)N2CCC[C@@H]2Cc2cccc(F)c2)c(=O)[nH]1. The first-order chi connectivity index (χ1) is 12.4. The fraction of sp³-hybridized carbons (Fsp3) is 0.450.